The normalized spacial score (nSPS) is 16.4. The third kappa shape index (κ3) is 4.96. The number of halogens is 1. The molecule has 0 aliphatic carbocycles. The van der Waals surface area contributed by atoms with E-state index >= 15 is 0 Å². The number of rotatable bonds is 5. The van der Waals surface area contributed by atoms with E-state index in [0.29, 0.717) is 12.5 Å². The molecule has 5 nitrogen and oxygen atoms in total. The summed E-state index contributed by atoms with van der Waals surface area (Å²) in [5.74, 6) is 0.518. The largest absolute Gasteiger partial charge is 0.342 e. The molecule has 6 heteroatoms. The molecule has 1 amide bonds. The van der Waals surface area contributed by atoms with Gasteiger partial charge in [0.05, 0.1) is 12.1 Å². The number of benzene rings is 2. The number of nitrogens with zero attached hydrogens (tertiary/aromatic N) is 3. The molecule has 1 N–H and O–H groups in total. The van der Waals surface area contributed by atoms with Crippen LogP contribution >= 0.6 is 0 Å². The van der Waals surface area contributed by atoms with E-state index in [0.717, 1.165) is 36.3 Å². The highest BCUT2D eigenvalue weighted by molar-refractivity contribution is 5.79. The van der Waals surface area contributed by atoms with Crippen molar-refractivity contribution in [3.8, 4) is 0 Å². The van der Waals surface area contributed by atoms with E-state index in [1.807, 2.05) is 41.3 Å². The Morgan fingerprint density at radius 3 is 2.69 bits per heavy atom. The Morgan fingerprint density at radius 2 is 1.90 bits per heavy atom. The lowest BCUT2D eigenvalue weighted by molar-refractivity contribution is -0.131. The molecule has 3 aromatic rings. The van der Waals surface area contributed by atoms with Gasteiger partial charge < -0.3 is 10.2 Å². The molecular formula is C23H23FN4O. The van der Waals surface area contributed by atoms with Crippen LogP contribution in [-0.4, -0.2) is 33.9 Å². The Hall–Kier alpha value is -3.28. The van der Waals surface area contributed by atoms with Gasteiger partial charge in [-0.2, -0.15) is 0 Å². The Morgan fingerprint density at radius 1 is 1.10 bits per heavy atom. The van der Waals surface area contributed by atoms with Gasteiger partial charge in [-0.05, 0) is 48.7 Å². The smallest absolute Gasteiger partial charge is 0.227 e. The van der Waals surface area contributed by atoms with Gasteiger partial charge in [0, 0.05) is 30.9 Å². The van der Waals surface area contributed by atoms with Crippen LogP contribution in [0.2, 0.25) is 0 Å². The lowest BCUT2D eigenvalue weighted by Gasteiger charge is -2.32. The van der Waals surface area contributed by atoms with Crippen LogP contribution in [0.25, 0.3) is 0 Å². The van der Waals surface area contributed by atoms with Crippen LogP contribution in [0.5, 0.6) is 0 Å². The number of hydrogen-bond acceptors (Lipinski definition) is 4. The number of amides is 1. The fourth-order valence-corrected chi connectivity index (χ4v) is 3.64. The molecule has 148 valence electrons. The van der Waals surface area contributed by atoms with Crippen LogP contribution in [-0.2, 0) is 11.2 Å². The van der Waals surface area contributed by atoms with Crippen LogP contribution in [0.1, 0.15) is 30.0 Å². The van der Waals surface area contributed by atoms with Crippen LogP contribution in [0.4, 0.5) is 16.0 Å². The second kappa shape index (κ2) is 8.82. The minimum absolute atomic E-state index is 0.0676. The third-order valence-electron chi connectivity index (χ3n) is 5.17. The quantitative estimate of drug-likeness (QED) is 0.705. The van der Waals surface area contributed by atoms with Crippen molar-refractivity contribution in [2.45, 2.75) is 25.2 Å². The molecule has 2 aromatic carbocycles. The molecule has 0 bridgehead atoms. The second-order valence-corrected chi connectivity index (χ2v) is 7.28. The highest BCUT2D eigenvalue weighted by Crippen LogP contribution is 2.27. The summed E-state index contributed by atoms with van der Waals surface area (Å²) >= 11 is 0. The lowest BCUT2D eigenvalue weighted by Crippen LogP contribution is -2.40. The first kappa shape index (κ1) is 19.1. The average Bonchev–Trinajstić information content (AvgIpc) is 2.76. The van der Waals surface area contributed by atoms with Crippen LogP contribution in [0.3, 0.4) is 0 Å². The molecular weight excluding hydrogens is 367 g/mol. The van der Waals surface area contributed by atoms with Crippen LogP contribution in [0, 0.1) is 5.82 Å². The van der Waals surface area contributed by atoms with Crippen molar-refractivity contribution in [1.29, 1.82) is 0 Å². The number of nitrogens with one attached hydrogen (secondary N) is 1. The number of carbonyl (C=O) groups is 1. The van der Waals surface area contributed by atoms with Gasteiger partial charge in [-0.1, -0.05) is 30.3 Å². The second-order valence-electron chi connectivity index (χ2n) is 7.28. The van der Waals surface area contributed by atoms with Crippen molar-refractivity contribution in [3.05, 3.63) is 83.9 Å². The Kier molecular flexibility index (Phi) is 5.79. The third-order valence-corrected chi connectivity index (χ3v) is 5.17. The van der Waals surface area contributed by atoms with E-state index < -0.39 is 0 Å². The maximum Gasteiger partial charge on any atom is 0.227 e. The summed E-state index contributed by atoms with van der Waals surface area (Å²) in [6.45, 7) is 1.39. The molecule has 1 saturated heterocycles. The Balaban J connectivity index is 1.42. The maximum absolute atomic E-state index is 13.1. The molecule has 1 aliphatic rings. The van der Waals surface area contributed by atoms with Gasteiger partial charge in [0.2, 0.25) is 11.9 Å². The molecule has 2 heterocycles. The van der Waals surface area contributed by atoms with Crippen molar-refractivity contribution >= 4 is 17.5 Å². The van der Waals surface area contributed by atoms with E-state index in [9.17, 15) is 9.18 Å². The molecule has 0 spiro atoms. The zero-order chi connectivity index (χ0) is 20.1. The molecule has 1 aromatic heterocycles. The number of aromatic nitrogens is 2. The topological polar surface area (TPSA) is 58.1 Å². The number of para-hydroxylation sites is 1. The zero-order valence-electron chi connectivity index (χ0n) is 16.1. The van der Waals surface area contributed by atoms with Crippen molar-refractivity contribution in [3.63, 3.8) is 0 Å². The predicted molar refractivity (Wildman–Crippen MR) is 110 cm³/mol. The first-order valence-electron chi connectivity index (χ1n) is 9.84. The van der Waals surface area contributed by atoms with E-state index in [2.05, 4.69) is 15.3 Å². The standard InChI is InChI=1S/C23H23FN4O/c24-19-10-8-17(9-11-19)15-22(29)28-14-4-5-18(16-28)21-12-13-25-23(27-21)26-20-6-2-1-3-7-20/h1-3,6-13,18H,4-5,14-16H2,(H,25,26,27)/t18-/m1/s1. The Labute approximate surface area is 169 Å². The molecule has 0 unspecified atom stereocenters. The van der Waals surface area contributed by atoms with E-state index in [4.69, 9.17) is 0 Å². The monoisotopic (exact) mass is 390 g/mol. The van der Waals surface area contributed by atoms with Gasteiger partial charge in [-0.25, -0.2) is 14.4 Å². The summed E-state index contributed by atoms with van der Waals surface area (Å²) in [6.07, 6.45) is 3.97. The van der Waals surface area contributed by atoms with Crippen molar-refractivity contribution in [2.75, 3.05) is 18.4 Å². The minimum Gasteiger partial charge on any atom is -0.342 e. The zero-order valence-corrected chi connectivity index (χ0v) is 16.1. The van der Waals surface area contributed by atoms with E-state index in [1.165, 1.54) is 12.1 Å². The van der Waals surface area contributed by atoms with Crippen molar-refractivity contribution < 1.29 is 9.18 Å². The van der Waals surface area contributed by atoms with Crippen molar-refractivity contribution in [1.82, 2.24) is 14.9 Å². The minimum atomic E-state index is -0.289. The van der Waals surface area contributed by atoms with Gasteiger partial charge in [-0.3, -0.25) is 4.79 Å². The predicted octanol–water partition coefficient (Wildman–Crippen LogP) is 4.31. The number of anilines is 2. The fourth-order valence-electron chi connectivity index (χ4n) is 3.64. The van der Waals surface area contributed by atoms with Crippen LogP contribution < -0.4 is 5.32 Å². The molecule has 29 heavy (non-hydrogen) atoms. The summed E-state index contributed by atoms with van der Waals surface area (Å²) in [4.78, 5) is 23.6. The summed E-state index contributed by atoms with van der Waals surface area (Å²) in [6, 6.07) is 17.8. The fraction of sp³-hybridized carbons (Fsp3) is 0.261. The lowest BCUT2D eigenvalue weighted by atomic mass is 9.94. The van der Waals surface area contributed by atoms with E-state index in [-0.39, 0.29) is 24.1 Å². The average molecular weight is 390 g/mol. The number of hydrogen-bond donors (Lipinski definition) is 1. The van der Waals surface area contributed by atoms with E-state index in [1.54, 1.807) is 18.3 Å². The number of carbonyl (C=O) groups excluding carboxylic acids is 1. The highest BCUT2D eigenvalue weighted by atomic mass is 19.1. The first-order chi connectivity index (χ1) is 14.2. The summed E-state index contributed by atoms with van der Waals surface area (Å²) < 4.78 is 13.1. The van der Waals surface area contributed by atoms with Gasteiger partial charge in [0.1, 0.15) is 5.82 Å². The number of likely N-dealkylation sites (tertiary alicyclic amines) is 1. The SMILES string of the molecule is O=C(Cc1ccc(F)cc1)N1CCC[C@@H](c2ccnc(Nc3ccccc3)n2)C1. The molecule has 0 saturated carbocycles. The molecule has 0 radical (unpaired) electrons. The first-order valence-corrected chi connectivity index (χ1v) is 9.84. The van der Waals surface area contributed by atoms with Gasteiger partial charge in [0.15, 0.2) is 0 Å². The van der Waals surface area contributed by atoms with Crippen molar-refractivity contribution in [2.24, 2.45) is 0 Å². The maximum atomic E-state index is 13.1. The van der Waals surface area contributed by atoms with Gasteiger partial charge in [-0.15, -0.1) is 0 Å². The highest BCUT2D eigenvalue weighted by Gasteiger charge is 2.26. The summed E-state index contributed by atoms with van der Waals surface area (Å²) in [7, 11) is 0. The molecule has 1 aliphatic heterocycles. The molecule has 1 fully saturated rings. The van der Waals surface area contributed by atoms with Gasteiger partial charge >= 0.3 is 0 Å². The summed E-state index contributed by atoms with van der Waals surface area (Å²) in [5, 5.41) is 3.22. The molecule has 1 atom stereocenters. The molecule has 4 rings (SSSR count). The number of piperidine rings is 1. The summed E-state index contributed by atoms with van der Waals surface area (Å²) in [5.41, 5.74) is 2.71. The van der Waals surface area contributed by atoms with Crippen LogP contribution in [0.15, 0.2) is 66.9 Å². The van der Waals surface area contributed by atoms with Gasteiger partial charge in [0.25, 0.3) is 0 Å². The Bertz CT molecular complexity index is 962.